The van der Waals surface area contributed by atoms with Gasteiger partial charge in [0.05, 0.1) is 27.3 Å². The third kappa shape index (κ3) is 4.24. The number of rotatable bonds is 3. The monoisotopic (exact) mass is 335 g/mol. The summed E-state index contributed by atoms with van der Waals surface area (Å²) in [6.07, 6.45) is 2.03. The van der Waals surface area contributed by atoms with E-state index in [1.165, 1.54) is 6.07 Å². The highest BCUT2D eigenvalue weighted by atomic mass is 35.5. The average Bonchev–Trinajstić information content (AvgIpc) is 2.36. The second-order valence-electron chi connectivity index (χ2n) is 4.93. The van der Waals surface area contributed by atoms with E-state index in [1.807, 2.05) is 4.90 Å². The molecule has 1 atom stereocenters. The van der Waals surface area contributed by atoms with E-state index in [0.29, 0.717) is 27.3 Å². The van der Waals surface area contributed by atoms with Gasteiger partial charge in [-0.3, -0.25) is 9.69 Å². The van der Waals surface area contributed by atoms with Crippen molar-refractivity contribution in [3.05, 3.63) is 27.2 Å². The van der Waals surface area contributed by atoms with E-state index in [2.05, 4.69) is 5.32 Å². The molecule has 0 saturated carbocycles. The lowest BCUT2D eigenvalue weighted by Crippen LogP contribution is -2.45. The van der Waals surface area contributed by atoms with Gasteiger partial charge in [0.1, 0.15) is 0 Å². The van der Waals surface area contributed by atoms with Gasteiger partial charge in [0.2, 0.25) is 5.91 Å². The van der Waals surface area contributed by atoms with Gasteiger partial charge >= 0.3 is 0 Å². The van der Waals surface area contributed by atoms with Crippen LogP contribution in [0.1, 0.15) is 12.8 Å². The van der Waals surface area contributed by atoms with Crippen molar-refractivity contribution in [2.24, 2.45) is 5.73 Å². The fourth-order valence-electron chi connectivity index (χ4n) is 2.25. The highest BCUT2D eigenvalue weighted by molar-refractivity contribution is 6.44. The Morgan fingerprint density at radius 3 is 2.70 bits per heavy atom. The molecule has 4 nitrogen and oxygen atoms in total. The first-order chi connectivity index (χ1) is 9.45. The predicted molar refractivity (Wildman–Crippen MR) is 83.8 cm³/mol. The zero-order chi connectivity index (χ0) is 14.7. The van der Waals surface area contributed by atoms with Gasteiger partial charge in [0, 0.05) is 12.6 Å². The fourth-order valence-corrected chi connectivity index (χ4v) is 2.84. The smallest absolute Gasteiger partial charge is 0.238 e. The number of benzene rings is 1. The first-order valence-electron chi connectivity index (χ1n) is 6.38. The van der Waals surface area contributed by atoms with Crippen LogP contribution in [0.5, 0.6) is 0 Å². The summed E-state index contributed by atoms with van der Waals surface area (Å²) in [7, 11) is 0. The Hall–Kier alpha value is -0.520. The lowest BCUT2D eigenvalue weighted by atomic mass is 10.1. The summed E-state index contributed by atoms with van der Waals surface area (Å²) in [6, 6.07) is 3.20. The van der Waals surface area contributed by atoms with Gasteiger partial charge in [-0.2, -0.15) is 0 Å². The Bertz CT molecular complexity index is 510. The Morgan fingerprint density at radius 2 is 2.00 bits per heavy atom. The summed E-state index contributed by atoms with van der Waals surface area (Å²) in [6.45, 7) is 1.92. The highest BCUT2D eigenvalue weighted by Gasteiger charge is 2.19. The van der Waals surface area contributed by atoms with Gasteiger partial charge in [0.15, 0.2) is 0 Å². The summed E-state index contributed by atoms with van der Waals surface area (Å²) in [5.41, 5.74) is 6.35. The number of carbonyl (C=O) groups excluding carboxylic acids is 1. The maximum absolute atomic E-state index is 12.0. The SMILES string of the molecule is NC1CCCN(CC(=O)Nc2cc(Cl)c(Cl)cc2Cl)C1. The number of nitrogens with two attached hydrogens (primary N) is 1. The number of likely N-dealkylation sites (tertiary alicyclic amines) is 1. The Balaban J connectivity index is 1.96. The summed E-state index contributed by atoms with van der Waals surface area (Å²) < 4.78 is 0. The molecule has 0 bridgehead atoms. The van der Waals surface area contributed by atoms with Gasteiger partial charge in [0.25, 0.3) is 0 Å². The van der Waals surface area contributed by atoms with Crippen molar-refractivity contribution >= 4 is 46.4 Å². The molecular weight excluding hydrogens is 321 g/mol. The number of anilines is 1. The second kappa shape index (κ2) is 6.96. The maximum atomic E-state index is 12.0. The van der Waals surface area contributed by atoms with Crippen molar-refractivity contribution in [3.8, 4) is 0 Å². The molecule has 3 N–H and O–H groups in total. The van der Waals surface area contributed by atoms with E-state index in [4.69, 9.17) is 40.5 Å². The van der Waals surface area contributed by atoms with Crippen LogP contribution >= 0.6 is 34.8 Å². The van der Waals surface area contributed by atoms with E-state index < -0.39 is 0 Å². The predicted octanol–water partition coefficient (Wildman–Crippen LogP) is 3.01. The Kier molecular flexibility index (Phi) is 5.52. The quantitative estimate of drug-likeness (QED) is 0.834. The molecule has 2 rings (SSSR count). The van der Waals surface area contributed by atoms with E-state index >= 15 is 0 Å². The van der Waals surface area contributed by atoms with E-state index in [9.17, 15) is 4.79 Å². The van der Waals surface area contributed by atoms with Crippen molar-refractivity contribution in [1.82, 2.24) is 4.90 Å². The third-order valence-corrected chi connectivity index (χ3v) is 4.23. The van der Waals surface area contributed by atoms with Crippen LogP contribution in [-0.4, -0.2) is 36.5 Å². The molecule has 0 spiro atoms. The van der Waals surface area contributed by atoms with Crippen LogP contribution in [0.25, 0.3) is 0 Å². The third-order valence-electron chi connectivity index (χ3n) is 3.19. The van der Waals surface area contributed by atoms with Crippen molar-refractivity contribution in [2.45, 2.75) is 18.9 Å². The number of nitrogens with one attached hydrogen (secondary N) is 1. The number of carbonyl (C=O) groups is 1. The molecule has 1 aliphatic heterocycles. The van der Waals surface area contributed by atoms with Crippen LogP contribution in [0, 0.1) is 0 Å². The standard InChI is InChI=1S/C13H16Cl3N3O/c14-9-4-11(16)12(5-10(9)15)18-13(20)7-19-3-1-2-8(17)6-19/h4-5,8H,1-3,6-7,17H2,(H,18,20). The molecule has 1 heterocycles. The molecule has 1 aromatic rings. The number of piperidine rings is 1. The van der Waals surface area contributed by atoms with Crippen LogP contribution in [0.3, 0.4) is 0 Å². The van der Waals surface area contributed by atoms with Gasteiger partial charge < -0.3 is 11.1 Å². The van der Waals surface area contributed by atoms with Crippen molar-refractivity contribution < 1.29 is 4.79 Å². The minimum Gasteiger partial charge on any atom is -0.327 e. The zero-order valence-electron chi connectivity index (χ0n) is 10.8. The molecule has 7 heteroatoms. The van der Waals surface area contributed by atoms with Gasteiger partial charge in [-0.05, 0) is 31.5 Å². The normalized spacial score (nSPS) is 19.9. The van der Waals surface area contributed by atoms with Crippen LogP contribution in [0.2, 0.25) is 15.1 Å². The van der Waals surface area contributed by atoms with Crippen molar-refractivity contribution in [2.75, 3.05) is 25.0 Å². The van der Waals surface area contributed by atoms with E-state index in [0.717, 1.165) is 25.9 Å². The minimum atomic E-state index is -0.139. The minimum absolute atomic E-state index is 0.139. The average molecular weight is 337 g/mol. The summed E-state index contributed by atoms with van der Waals surface area (Å²) in [5, 5.41) is 3.82. The summed E-state index contributed by atoms with van der Waals surface area (Å²) in [4.78, 5) is 14.0. The van der Waals surface area contributed by atoms with Gasteiger partial charge in [-0.25, -0.2) is 0 Å². The van der Waals surface area contributed by atoms with Crippen LogP contribution in [0.4, 0.5) is 5.69 Å². The highest BCUT2D eigenvalue weighted by Crippen LogP contribution is 2.32. The molecule has 1 fully saturated rings. The molecule has 1 amide bonds. The van der Waals surface area contributed by atoms with Crippen LogP contribution in [0.15, 0.2) is 12.1 Å². The van der Waals surface area contributed by atoms with Gasteiger partial charge in [-0.15, -0.1) is 0 Å². The molecule has 110 valence electrons. The molecule has 1 saturated heterocycles. The molecule has 0 aromatic heterocycles. The number of hydrogen-bond acceptors (Lipinski definition) is 3. The molecule has 0 radical (unpaired) electrons. The molecule has 1 aromatic carbocycles. The number of halogens is 3. The summed E-state index contributed by atoms with van der Waals surface area (Å²) in [5.74, 6) is -0.139. The Morgan fingerprint density at radius 1 is 1.30 bits per heavy atom. The van der Waals surface area contributed by atoms with Crippen LogP contribution < -0.4 is 11.1 Å². The molecule has 20 heavy (non-hydrogen) atoms. The molecule has 1 aliphatic rings. The number of nitrogens with zero attached hydrogens (tertiary/aromatic N) is 1. The summed E-state index contributed by atoms with van der Waals surface area (Å²) >= 11 is 17.8. The van der Waals surface area contributed by atoms with E-state index in [1.54, 1.807) is 6.07 Å². The second-order valence-corrected chi connectivity index (χ2v) is 6.15. The molecular formula is C13H16Cl3N3O. The Labute approximate surface area is 133 Å². The number of hydrogen-bond donors (Lipinski definition) is 2. The van der Waals surface area contributed by atoms with E-state index in [-0.39, 0.29) is 11.9 Å². The lowest BCUT2D eigenvalue weighted by Gasteiger charge is -2.30. The topological polar surface area (TPSA) is 58.4 Å². The molecule has 1 unspecified atom stereocenters. The maximum Gasteiger partial charge on any atom is 0.238 e. The lowest BCUT2D eigenvalue weighted by molar-refractivity contribution is -0.117. The zero-order valence-corrected chi connectivity index (χ0v) is 13.1. The largest absolute Gasteiger partial charge is 0.327 e. The number of amides is 1. The van der Waals surface area contributed by atoms with Crippen molar-refractivity contribution in [1.29, 1.82) is 0 Å². The first kappa shape index (κ1) is 15.9. The van der Waals surface area contributed by atoms with Crippen LogP contribution in [-0.2, 0) is 4.79 Å². The fraction of sp³-hybridized carbons (Fsp3) is 0.462. The van der Waals surface area contributed by atoms with Gasteiger partial charge in [-0.1, -0.05) is 34.8 Å². The molecule has 0 aliphatic carbocycles. The first-order valence-corrected chi connectivity index (χ1v) is 7.51. The van der Waals surface area contributed by atoms with Crippen molar-refractivity contribution in [3.63, 3.8) is 0 Å².